The van der Waals surface area contributed by atoms with E-state index in [9.17, 15) is 22.8 Å². The van der Waals surface area contributed by atoms with Crippen LogP contribution in [0.25, 0.3) is 0 Å². The SMILES string of the molecule is N#Cc1ccc(NCC(=O)N(c2cccc(F)c2)C2(C(=O)NC3CCC(F)(F)CC3)CCc3ccccc32)cc1. The van der Waals surface area contributed by atoms with E-state index in [1.807, 2.05) is 18.2 Å². The third-order valence-corrected chi connectivity index (χ3v) is 7.80. The van der Waals surface area contributed by atoms with Gasteiger partial charge in [-0.3, -0.25) is 14.5 Å². The lowest BCUT2D eigenvalue weighted by atomic mass is 9.85. The van der Waals surface area contributed by atoms with Crippen LogP contribution < -0.4 is 15.5 Å². The van der Waals surface area contributed by atoms with Crippen molar-refractivity contribution in [1.29, 1.82) is 5.26 Å². The predicted octanol–water partition coefficient (Wildman–Crippen LogP) is 5.68. The third kappa shape index (κ3) is 5.39. The molecule has 0 aliphatic heterocycles. The van der Waals surface area contributed by atoms with E-state index in [0.29, 0.717) is 23.2 Å². The number of aryl methyl sites for hydroxylation is 1. The van der Waals surface area contributed by atoms with Crippen LogP contribution in [0.3, 0.4) is 0 Å². The van der Waals surface area contributed by atoms with Crippen LogP contribution in [0.4, 0.5) is 24.5 Å². The first-order valence-electron chi connectivity index (χ1n) is 13.3. The minimum Gasteiger partial charge on any atom is -0.376 e. The summed E-state index contributed by atoms with van der Waals surface area (Å²) >= 11 is 0. The number of fused-ring (bicyclic) bond motifs is 1. The van der Waals surface area contributed by atoms with Crippen molar-refractivity contribution in [3.05, 3.63) is 95.3 Å². The minimum absolute atomic E-state index is 0.130. The van der Waals surface area contributed by atoms with Crippen molar-refractivity contribution in [2.24, 2.45) is 0 Å². The zero-order chi connectivity index (χ0) is 28.3. The van der Waals surface area contributed by atoms with Gasteiger partial charge in [-0.2, -0.15) is 5.26 Å². The third-order valence-electron chi connectivity index (χ3n) is 7.80. The highest BCUT2D eigenvalue weighted by Crippen LogP contribution is 2.45. The van der Waals surface area contributed by atoms with Crippen molar-refractivity contribution in [1.82, 2.24) is 5.32 Å². The number of halogens is 3. The Balaban J connectivity index is 1.53. The number of rotatable bonds is 7. The summed E-state index contributed by atoms with van der Waals surface area (Å²) in [6.07, 6.45) is 0.384. The van der Waals surface area contributed by atoms with Crippen LogP contribution in [0.15, 0.2) is 72.8 Å². The summed E-state index contributed by atoms with van der Waals surface area (Å²) in [6, 6.07) is 21.0. The van der Waals surface area contributed by atoms with E-state index in [1.54, 1.807) is 42.5 Å². The van der Waals surface area contributed by atoms with Crippen molar-refractivity contribution in [2.75, 3.05) is 16.8 Å². The normalized spacial score (nSPS) is 19.8. The van der Waals surface area contributed by atoms with Crippen molar-refractivity contribution < 1.29 is 22.8 Å². The van der Waals surface area contributed by atoms with E-state index in [4.69, 9.17) is 5.26 Å². The number of nitrogens with zero attached hydrogens (tertiary/aromatic N) is 2. The van der Waals surface area contributed by atoms with Crippen LogP contribution in [0.2, 0.25) is 0 Å². The van der Waals surface area contributed by atoms with Gasteiger partial charge in [0.15, 0.2) is 5.54 Å². The lowest BCUT2D eigenvalue weighted by Gasteiger charge is -2.42. The number of hydrogen-bond acceptors (Lipinski definition) is 4. The van der Waals surface area contributed by atoms with Crippen LogP contribution in [0.1, 0.15) is 48.8 Å². The average molecular weight is 547 g/mol. The fourth-order valence-corrected chi connectivity index (χ4v) is 5.76. The van der Waals surface area contributed by atoms with Crippen LogP contribution >= 0.6 is 0 Å². The van der Waals surface area contributed by atoms with Gasteiger partial charge in [0.2, 0.25) is 11.8 Å². The Morgan fingerprint density at radius 3 is 2.40 bits per heavy atom. The topological polar surface area (TPSA) is 85.2 Å². The maximum absolute atomic E-state index is 14.5. The van der Waals surface area contributed by atoms with Crippen molar-refractivity contribution in [3.8, 4) is 6.07 Å². The summed E-state index contributed by atoms with van der Waals surface area (Å²) < 4.78 is 42.2. The highest BCUT2D eigenvalue weighted by molar-refractivity contribution is 6.06. The molecule has 1 atom stereocenters. The van der Waals surface area contributed by atoms with Crippen LogP contribution in [0.5, 0.6) is 0 Å². The Morgan fingerprint density at radius 1 is 0.975 bits per heavy atom. The Kier molecular flexibility index (Phi) is 7.53. The largest absolute Gasteiger partial charge is 0.376 e. The van der Waals surface area contributed by atoms with E-state index < -0.39 is 35.1 Å². The molecule has 2 aliphatic rings. The lowest BCUT2D eigenvalue weighted by Crippen LogP contribution is -2.60. The van der Waals surface area contributed by atoms with Crippen molar-refractivity contribution >= 4 is 23.2 Å². The molecular formula is C31H29F3N4O2. The van der Waals surface area contributed by atoms with E-state index in [-0.39, 0.29) is 44.3 Å². The first-order chi connectivity index (χ1) is 19.2. The molecule has 6 nitrogen and oxygen atoms in total. The molecule has 0 heterocycles. The molecule has 0 saturated heterocycles. The number of carbonyl (C=O) groups excluding carboxylic acids is 2. The molecule has 0 radical (unpaired) electrons. The molecule has 3 aromatic rings. The summed E-state index contributed by atoms with van der Waals surface area (Å²) in [5.41, 5.74) is 1.30. The first kappa shape index (κ1) is 27.3. The van der Waals surface area contributed by atoms with E-state index >= 15 is 0 Å². The van der Waals surface area contributed by atoms with Gasteiger partial charge in [-0.15, -0.1) is 0 Å². The van der Waals surface area contributed by atoms with Gasteiger partial charge in [-0.25, -0.2) is 13.2 Å². The zero-order valence-corrected chi connectivity index (χ0v) is 21.8. The molecule has 0 spiro atoms. The predicted molar refractivity (Wildman–Crippen MR) is 145 cm³/mol. The molecule has 2 amide bonds. The van der Waals surface area contributed by atoms with Crippen LogP contribution in [0, 0.1) is 17.1 Å². The Labute approximate surface area is 230 Å². The standard InChI is InChI=1S/C31H29F3N4O2/c32-23-5-3-6-26(18-23)38(28(39)20-36-24-10-8-21(19-35)9-11-24)31(17-12-22-4-1-2-7-27(22)31)29(40)37-25-13-15-30(33,34)16-14-25/h1-11,18,25,36H,12-17,20H2,(H,37,40). The van der Waals surface area contributed by atoms with E-state index in [0.717, 1.165) is 5.56 Å². The molecule has 2 aliphatic carbocycles. The number of nitrogens with one attached hydrogen (secondary N) is 2. The number of hydrogen-bond donors (Lipinski definition) is 2. The molecule has 0 bridgehead atoms. The number of benzene rings is 3. The van der Waals surface area contributed by atoms with Gasteiger partial charge in [0.25, 0.3) is 5.91 Å². The van der Waals surface area contributed by atoms with Gasteiger partial charge in [0.05, 0.1) is 18.2 Å². The maximum atomic E-state index is 14.5. The van der Waals surface area contributed by atoms with Gasteiger partial charge in [0, 0.05) is 30.3 Å². The summed E-state index contributed by atoms with van der Waals surface area (Å²) in [4.78, 5) is 29.7. The molecule has 1 fully saturated rings. The first-order valence-corrected chi connectivity index (χ1v) is 13.3. The summed E-state index contributed by atoms with van der Waals surface area (Å²) in [6.45, 7) is -0.213. The summed E-state index contributed by atoms with van der Waals surface area (Å²) in [7, 11) is 0. The second kappa shape index (κ2) is 11.0. The Hall–Kier alpha value is -4.32. The highest BCUT2D eigenvalue weighted by Gasteiger charge is 2.53. The van der Waals surface area contributed by atoms with Gasteiger partial charge >= 0.3 is 0 Å². The molecule has 3 aromatic carbocycles. The lowest BCUT2D eigenvalue weighted by molar-refractivity contribution is -0.132. The van der Waals surface area contributed by atoms with Gasteiger partial charge in [-0.1, -0.05) is 30.3 Å². The molecule has 40 heavy (non-hydrogen) atoms. The number of anilines is 2. The fourth-order valence-electron chi connectivity index (χ4n) is 5.76. The number of alkyl halides is 2. The molecule has 0 aromatic heterocycles. The highest BCUT2D eigenvalue weighted by atomic mass is 19.3. The van der Waals surface area contributed by atoms with Gasteiger partial charge in [-0.05, 0) is 79.3 Å². The monoisotopic (exact) mass is 546 g/mol. The molecule has 2 N–H and O–H groups in total. The fraction of sp³-hybridized carbons (Fsp3) is 0.323. The minimum atomic E-state index is -2.75. The van der Waals surface area contributed by atoms with Crippen molar-refractivity contribution in [2.45, 2.75) is 56.0 Å². The molecule has 1 saturated carbocycles. The molecule has 206 valence electrons. The number of carbonyl (C=O) groups is 2. The maximum Gasteiger partial charge on any atom is 0.251 e. The Morgan fingerprint density at radius 2 is 1.70 bits per heavy atom. The van der Waals surface area contributed by atoms with E-state index in [1.165, 1.54) is 23.1 Å². The second-order valence-electron chi connectivity index (χ2n) is 10.4. The molecule has 9 heteroatoms. The number of amides is 2. The second-order valence-corrected chi connectivity index (χ2v) is 10.4. The average Bonchev–Trinajstić information content (AvgIpc) is 3.34. The molecule has 5 rings (SSSR count). The summed E-state index contributed by atoms with van der Waals surface area (Å²) in [5.74, 6) is -4.26. The quantitative estimate of drug-likeness (QED) is 0.400. The van der Waals surface area contributed by atoms with Gasteiger partial charge in [0.1, 0.15) is 5.82 Å². The zero-order valence-electron chi connectivity index (χ0n) is 21.8. The smallest absolute Gasteiger partial charge is 0.251 e. The van der Waals surface area contributed by atoms with Crippen molar-refractivity contribution in [3.63, 3.8) is 0 Å². The van der Waals surface area contributed by atoms with Gasteiger partial charge < -0.3 is 10.6 Å². The van der Waals surface area contributed by atoms with Crippen LogP contribution in [-0.2, 0) is 21.5 Å². The number of nitriles is 1. The molecule has 1 unspecified atom stereocenters. The molecular weight excluding hydrogens is 517 g/mol. The van der Waals surface area contributed by atoms with Crippen LogP contribution in [-0.4, -0.2) is 30.3 Å². The van der Waals surface area contributed by atoms with E-state index in [2.05, 4.69) is 10.6 Å². The summed E-state index contributed by atoms with van der Waals surface area (Å²) in [5, 5.41) is 15.1. The Bertz CT molecular complexity index is 1440.